The van der Waals surface area contributed by atoms with Crippen LogP contribution in [0.2, 0.25) is 5.02 Å². The standard InChI is InChI=1S/C11H12ClN5O3/c12-5-1-3-7(17-13)15-9(5)11(20)14-6-2-4-8(18)16-10(6)19/h1,3,6H,2,4,13H2,(H,14,20)(H,15,17)(H,16,18,19). The third-order valence-electron chi connectivity index (χ3n) is 2.75. The first-order valence-electron chi connectivity index (χ1n) is 5.79. The van der Waals surface area contributed by atoms with E-state index in [1.165, 1.54) is 12.1 Å². The number of rotatable bonds is 3. The minimum atomic E-state index is -0.785. The third-order valence-corrected chi connectivity index (χ3v) is 3.06. The predicted octanol–water partition coefficient (Wildman–Crippen LogP) is -0.444. The highest BCUT2D eigenvalue weighted by atomic mass is 35.5. The summed E-state index contributed by atoms with van der Waals surface area (Å²) >= 11 is 5.88. The van der Waals surface area contributed by atoms with Gasteiger partial charge in [-0.25, -0.2) is 10.8 Å². The van der Waals surface area contributed by atoms with Crippen LogP contribution in [-0.2, 0) is 9.59 Å². The van der Waals surface area contributed by atoms with Crippen molar-refractivity contribution >= 4 is 35.1 Å². The molecule has 2 rings (SSSR count). The average molecular weight is 298 g/mol. The number of hydrogen-bond acceptors (Lipinski definition) is 6. The van der Waals surface area contributed by atoms with Gasteiger partial charge in [-0.1, -0.05) is 11.6 Å². The molecule has 3 amide bonds. The molecule has 9 heteroatoms. The number of carbonyl (C=O) groups excluding carboxylic acids is 3. The molecule has 0 radical (unpaired) electrons. The lowest BCUT2D eigenvalue weighted by atomic mass is 10.1. The second-order valence-electron chi connectivity index (χ2n) is 4.15. The minimum absolute atomic E-state index is 0.0492. The second-order valence-corrected chi connectivity index (χ2v) is 4.56. The number of halogens is 1. The van der Waals surface area contributed by atoms with Crippen molar-refractivity contribution < 1.29 is 14.4 Å². The summed E-state index contributed by atoms with van der Waals surface area (Å²) in [5.74, 6) is 3.96. The van der Waals surface area contributed by atoms with Crippen molar-refractivity contribution in [2.45, 2.75) is 18.9 Å². The van der Waals surface area contributed by atoms with E-state index in [-0.39, 0.29) is 35.3 Å². The number of carbonyl (C=O) groups is 3. The van der Waals surface area contributed by atoms with Crippen molar-refractivity contribution in [1.29, 1.82) is 0 Å². The van der Waals surface area contributed by atoms with E-state index < -0.39 is 17.9 Å². The molecule has 106 valence electrons. The maximum absolute atomic E-state index is 12.0. The molecule has 1 fully saturated rings. The number of aromatic nitrogens is 1. The largest absolute Gasteiger partial charge is 0.339 e. The second kappa shape index (κ2) is 5.85. The Kier molecular flexibility index (Phi) is 4.16. The van der Waals surface area contributed by atoms with Crippen molar-refractivity contribution in [2.24, 2.45) is 5.84 Å². The normalized spacial score (nSPS) is 18.4. The molecule has 0 spiro atoms. The molecule has 1 aliphatic rings. The maximum atomic E-state index is 12.0. The maximum Gasteiger partial charge on any atom is 0.272 e. The molecular formula is C11H12ClN5O3. The van der Waals surface area contributed by atoms with Gasteiger partial charge in [-0.15, -0.1) is 0 Å². The zero-order valence-corrected chi connectivity index (χ0v) is 11.0. The zero-order chi connectivity index (χ0) is 14.7. The van der Waals surface area contributed by atoms with Crippen LogP contribution >= 0.6 is 11.6 Å². The lowest BCUT2D eigenvalue weighted by Gasteiger charge is -2.21. The summed E-state index contributed by atoms with van der Waals surface area (Å²) in [6, 6.07) is 2.18. The minimum Gasteiger partial charge on any atom is -0.339 e. The van der Waals surface area contributed by atoms with Crippen molar-refractivity contribution in [3.63, 3.8) is 0 Å². The number of nitrogens with one attached hydrogen (secondary N) is 3. The van der Waals surface area contributed by atoms with Crippen LogP contribution in [0.15, 0.2) is 12.1 Å². The number of nitrogens with two attached hydrogens (primary N) is 1. The van der Waals surface area contributed by atoms with Crippen LogP contribution in [0.1, 0.15) is 23.3 Å². The number of imide groups is 1. The van der Waals surface area contributed by atoms with E-state index in [2.05, 4.69) is 21.0 Å². The SMILES string of the molecule is NNc1ccc(Cl)c(C(=O)NC2CCC(=O)NC2=O)n1. The van der Waals surface area contributed by atoms with Gasteiger partial charge in [0.15, 0.2) is 0 Å². The molecule has 0 aromatic carbocycles. The number of anilines is 1. The fourth-order valence-corrected chi connectivity index (χ4v) is 1.93. The number of hydrazine groups is 1. The molecular weight excluding hydrogens is 286 g/mol. The van der Waals surface area contributed by atoms with Crippen molar-refractivity contribution in [3.8, 4) is 0 Å². The highest BCUT2D eigenvalue weighted by Crippen LogP contribution is 2.16. The van der Waals surface area contributed by atoms with Gasteiger partial charge in [-0.05, 0) is 18.6 Å². The molecule has 8 nitrogen and oxygen atoms in total. The van der Waals surface area contributed by atoms with Gasteiger partial charge in [0, 0.05) is 6.42 Å². The monoisotopic (exact) mass is 297 g/mol. The number of piperidine rings is 1. The van der Waals surface area contributed by atoms with Crippen LogP contribution in [0, 0.1) is 0 Å². The number of nitrogens with zero attached hydrogens (tertiary/aromatic N) is 1. The van der Waals surface area contributed by atoms with Gasteiger partial charge < -0.3 is 10.7 Å². The lowest BCUT2D eigenvalue weighted by molar-refractivity contribution is -0.134. The first-order valence-corrected chi connectivity index (χ1v) is 6.17. The topological polar surface area (TPSA) is 126 Å². The van der Waals surface area contributed by atoms with E-state index in [0.29, 0.717) is 0 Å². The third kappa shape index (κ3) is 3.03. The van der Waals surface area contributed by atoms with Crippen LogP contribution in [0.3, 0.4) is 0 Å². The average Bonchev–Trinajstić information content (AvgIpc) is 2.42. The molecule has 0 saturated carbocycles. The predicted molar refractivity (Wildman–Crippen MR) is 70.7 cm³/mol. The number of nitrogen functional groups attached to an aromatic ring is 1. The molecule has 1 saturated heterocycles. The van der Waals surface area contributed by atoms with Crippen LogP contribution in [0.5, 0.6) is 0 Å². The Balaban J connectivity index is 2.12. The quantitative estimate of drug-likeness (QED) is 0.340. The summed E-state index contributed by atoms with van der Waals surface area (Å²) in [6.45, 7) is 0. The van der Waals surface area contributed by atoms with Gasteiger partial charge in [-0.2, -0.15) is 0 Å². The Morgan fingerprint density at radius 1 is 1.45 bits per heavy atom. The molecule has 0 bridgehead atoms. The van der Waals surface area contributed by atoms with Gasteiger partial charge in [-0.3, -0.25) is 19.7 Å². The first-order chi connectivity index (χ1) is 9.51. The molecule has 20 heavy (non-hydrogen) atoms. The fraction of sp³-hybridized carbons (Fsp3) is 0.273. The van der Waals surface area contributed by atoms with E-state index in [1.54, 1.807) is 0 Å². The van der Waals surface area contributed by atoms with Gasteiger partial charge in [0.25, 0.3) is 5.91 Å². The summed E-state index contributed by atoms with van der Waals surface area (Å²) in [5.41, 5.74) is 2.24. The number of amides is 3. The van der Waals surface area contributed by atoms with Gasteiger partial charge in [0.2, 0.25) is 11.8 Å². The Hall–Kier alpha value is -2.19. The van der Waals surface area contributed by atoms with Gasteiger partial charge in [0.05, 0.1) is 5.02 Å². The molecule has 1 aromatic heterocycles. The Bertz CT molecular complexity index is 577. The van der Waals surface area contributed by atoms with E-state index in [1.807, 2.05) is 0 Å². The summed E-state index contributed by atoms with van der Waals surface area (Å²) in [6.07, 6.45) is 0.408. The molecule has 5 N–H and O–H groups in total. The molecule has 1 atom stereocenters. The van der Waals surface area contributed by atoms with Crippen molar-refractivity contribution in [3.05, 3.63) is 22.8 Å². The summed E-state index contributed by atoms with van der Waals surface area (Å²) in [7, 11) is 0. The van der Waals surface area contributed by atoms with Gasteiger partial charge >= 0.3 is 0 Å². The van der Waals surface area contributed by atoms with E-state index >= 15 is 0 Å². The van der Waals surface area contributed by atoms with Crippen LogP contribution < -0.4 is 21.9 Å². The van der Waals surface area contributed by atoms with Crippen molar-refractivity contribution in [1.82, 2.24) is 15.6 Å². The molecule has 0 aliphatic carbocycles. The van der Waals surface area contributed by atoms with E-state index in [4.69, 9.17) is 17.4 Å². The highest BCUT2D eigenvalue weighted by Gasteiger charge is 2.29. The number of hydrogen-bond donors (Lipinski definition) is 4. The molecule has 2 heterocycles. The Morgan fingerprint density at radius 3 is 2.85 bits per heavy atom. The van der Waals surface area contributed by atoms with Gasteiger partial charge in [0.1, 0.15) is 17.6 Å². The summed E-state index contributed by atoms with van der Waals surface area (Å²) in [4.78, 5) is 38.5. The molecule has 1 aliphatic heterocycles. The number of pyridine rings is 1. The van der Waals surface area contributed by atoms with Crippen LogP contribution in [0.25, 0.3) is 0 Å². The first kappa shape index (κ1) is 14.2. The fourth-order valence-electron chi connectivity index (χ4n) is 1.74. The van der Waals surface area contributed by atoms with Crippen LogP contribution in [0.4, 0.5) is 5.82 Å². The van der Waals surface area contributed by atoms with E-state index in [9.17, 15) is 14.4 Å². The summed E-state index contributed by atoms with van der Waals surface area (Å²) in [5, 5.41) is 4.76. The van der Waals surface area contributed by atoms with Crippen molar-refractivity contribution in [2.75, 3.05) is 5.43 Å². The Labute approximate surface area is 119 Å². The summed E-state index contributed by atoms with van der Waals surface area (Å²) < 4.78 is 0. The Morgan fingerprint density at radius 2 is 2.20 bits per heavy atom. The highest BCUT2D eigenvalue weighted by molar-refractivity contribution is 6.33. The molecule has 1 aromatic rings. The zero-order valence-electron chi connectivity index (χ0n) is 10.3. The molecule has 1 unspecified atom stereocenters. The van der Waals surface area contributed by atoms with Crippen LogP contribution in [-0.4, -0.2) is 28.7 Å². The van der Waals surface area contributed by atoms with E-state index in [0.717, 1.165) is 0 Å². The smallest absolute Gasteiger partial charge is 0.272 e. The lowest BCUT2D eigenvalue weighted by Crippen LogP contribution is -2.52.